The predicted octanol–water partition coefficient (Wildman–Crippen LogP) is 5.63. The molecule has 654 valence electrons. The number of benzene rings is 2. The molecule has 2 aromatic rings. The molecule has 2 aromatic carbocycles. The molecule has 2 heterocycles. The van der Waals surface area contributed by atoms with Crippen molar-refractivity contribution in [2.45, 2.75) is 252 Å². The van der Waals surface area contributed by atoms with E-state index in [9.17, 15) is 57.8 Å². The Balaban J connectivity index is 0.00000120. The second kappa shape index (κ2) is 48.2. The third-order valence-corrected chi connectivity index (χ3v) is 21.7. The molecule has 11 amide bonds. The van der Waals surface area contributed by atoms with E-state index < -0.39 is 180 Å². The van der Waals surface area contributed by atoms with Gasteiger partial charge >= 0.3 is 11.9 Å². The third kappa shape index (κ3) is 30.0. The number of fused-ring (bicyclic) bond motifs is 2. The van der Waals surface area contributed by atoms with Crippen molar-refractivity contribution >= 4 is 100 Å². The number of allylic oxidation sites excluding steroid dienone is 2. The molecule has 2 aliphatic heterocycles. The standard InChI is InChI=1S/C62H111N11O12.C18H22N2S.C4H6O6/c1-25-27-28-40(15)52(75)51-56(79)65-43(26-2)58(81)67(18)33-48(74)68(19)44(29-34(3)4)55(78)66-49(38(11)12)61(84)69(20)45(30-35(5)6)54(77)63-41(16)53(76)64-42(17)57(80)70(21)46(31-36(7)8)59(82)71(22)47(32-37(9)10)60(83)72(23)50(39(13)14)62(85)73(51)24;1-14(12-19(2)3)13-20-15-8-4-6-10-17(15)21-18-11-7-5-9-16(18)20;5-1(3(7)8)2(6)4(9)10/h25,27,34-47,49-52,75H,26,28-33H2,1-24H3,(H,63,77)(H,64,76)(H,65,79)(H,66,78);4-11,14H,12-13H2,1-3H3;1-2,5-6H,(H,7,8)(H,9,10). The number of para-hydroxylation sites is 2. The SMILES string of the molecule is CC(CN(C)C)CN1c2ccccc2Sc2ccccc21.CC=CCC(C)C(O)C1C(=O)NC(CC)C(=O)N(C)CC(=O)N(C)C(CC(C)C)C(=O)NC(C(C)C)C(=O)N(C)C(CC(C)C)C(=O)NC(C)C(=O)NC(C)C(=O)N(C)C(CC(C)C)C(=O)N(C)C(CC(C)C)C(=O)N(C)C(C(C)C)C(=O)N1C.O=C(O)C(O)C(O)C(=O)O. The average Bonchev–Trinajstić information content (AvgIpc) is 0.808. The van der Waals surface area contributed by atoms with Crippen LogP contribution in [0.3, 0.4) is 0 Å². The van der Waals surface area contributed by atoms with Crippen LogP contribution in [-0.4, -0.2) is 303 Å². The molecule has 9 N–H and O–H groups in total. The van der Waals surface area contributed by atoms with E-state index in [2.05, 4.69) is 101 Å². The molecular formula is C84H139N13O18S. The molecular weight excluding hydrogens is 1510 g/mol. The van der Waals surface area contributed by atoms with E-state index >= 15 is 9.59 Å². The van der Waals surface area contributed by atoms with Crippen LogP contribution < -0.4 is 26.2 Å². The maximum absolute atomic E-state index is 15.1. The highest BCUT2D eigenvalue weighted by Gasteiger charge is 2.46. The maximum Gasteiger partial charge on any atom is 0.335 e. The van der Waals surface area contributed by atoms with Gasteiger partial charge in [0.05, 0.1) is 24.0 Å². The fraction of sp³-hybridized carbons (Fsp3) is 0.679. The van der Waals surface area contributed by atoms with Crippen molar-refractivity contribution in [3.05, 3.63) is 60.7 Å². The van der Waals surface area contributed by atoms with Crippen molar-refractivity contribution in [3.63, 3.8) is 0 Å². The van der Waals surface area contributed by atoms with Crippen molar-refractivity contribution in [1.29, 1.82) is 0 Å². The molecule has 0 aromatic heterocycles. The number of carboxylic acid groups (broad SMARTS) is 2. The summed E-state index contributed by atoms with van der Waals surface area (Å²) in [5, 5.41) is 55.6. The number of anilines is 2. The van der Waals surface area contributed by atoms with Gasteiger partial charge in [-0.25, -0.2) is 9.59 Å². The summed E-state index contributed by atoms with van der Waals surface area (Å²) in [4.78, 5) is 196. The zero-order valence-electron chi connectivity index (χ0n) is 73.7. The number of carbonyl (C=O) groups is 13. The van der Waals surface area contributed by atoms with E-state index in [4.69, 9.17) is 20.4 Å². The first kappa shape index (κ1) is 103. The molecule has 2 aliphatic rings. The lowest BCUT2D eigenvalue weighted by Gasteiger charge is -2.41. The van der Waals surface area contributed by atoms with Crippen molar-refractivity contribution in [2.24, 2.45) is 47.3 Å². The number of aliphatic hydroxyl groups excluding tert-OH is 3. The summed E-state index contributed by atoms with van der Waals surface area (Å²) in [6, 6.07) is 5.11. The number of nitrogens with zero attached hydrogens (tertiary/aromatic N) is 9. The number of nitrogens with one attached hydrogen (secondary N) is 4. The summed E-state index contributed by atoms with van der Waals surface area (Å²) in [6.07, 6.45) is -1.49. The van der Waals surface area contributed by atoms with Crippen LogP contribution in [0.4, 0.5) is 11.4 Å². The van der Waals surface area contributed by atoms with Crippen LogP contribution in [-0.2, 0) is 62.3 Å². The highest BCUT2D eigenvalue weighted by atomic mass is 32.2. The van der Waals surface area contributed by atoms with E-state index in [1.807, 2.05) is 73.2 Å². The number of aliphatic carboxylic acids is 2. The molecule has 15 unspecified atom stereocenters. The molecule has 0 bridgehead atoms. The first-order valence-corrected chi connectivity index (χ1v) is 41.1. The number of carboxylic acids is 2. The number of hydrogen-bond donors (Lipinski definition) is 9. The summed E-state index contributed by atoms with van der Waals surface area (Å²) in [7, 11) is 14.2. The molecule has 15 atom stereocenters. The number of amides is 11. The van der Waals surface area contributed by atoms with Gasteiger partial charge in [0.15, 0.2) is 12.2 Å². The molecule has 4 rings (SSSR count). The van der Waals surface area contributed by atoms with Crippen LogP contribution in [0, 0.1) is 47.3 Å². The van der Waals surface area contributed by atoms with Crippen LogP contribution >= 0.6 is 11.8 Å². The Morgan fingerprint density at radius 2 is 0.914 bits per heavy atom. The summed E-state index contributed by atoms with van der Waals surface area (Å²) in [5.41, 5.74) is 2.68. The molecule has 0 saturated carbocycles. The van der Waals surface area contributed by atoms with Crippen LogP contribution in [0.2, 0.25) is 0 Å². The van der Waals surface area contributed by atoms with Gasteiger partial charge in [-0.3, -0.25) is 52.7 Å². The average molecular weight is 1650 g/mol. The number of aliphatic hydroxyl groups is 3. The van der Waals surface area contributed by atoms with Gasteiger partial charge in [0, 0.05) is 72.2 Å². The van der Waals surface area contributed by atoms with Crippen molar-refractivity contribution in [2.75, 3.05) is 88.0 Å². The van der Waals surface area contributed by atoms with Gasteiger partial charge < -0.3 is 90.9 Å². The zero-order chi connectivity index (χ0) is 89.1. The summed E-state index contributed by atoms with van der Waals surface area (Å²) >= 11 is 1.88. The van der Waals surface area contributed by atoms with Gasteiger partial charge in [0.1, 0.15) is 60.4 Å². The molecule has 1 fully saturated rings. The second-order valence-corrected chi connectivity index (χ2v) is 34.8. The first-order valence-electron chi connectivity index (χ1n) is 40.3. The van der Waals surface area contributed by atoms with E-state index in [-0.39, 0.29) is 55.8 Å². The third-order valence-electron chi connectivity index (χ3n) is 20.6. The first-order chi connectivity index (χ1) is 53.8. The minimum Gasteiger partial charge on any atom is -0.479 e. The number of hydrogen-bond acceptors (Lipinski definition) is 19. The number of likely N-dealkylation sites (N-methyl/N-ethyl adjacent to an activating group) is 7. The minimum absolute atomic E-state index is 0.0229. The molecule has 0 radical (unpaired) electrons. The highest BCUT2D eigenvalue weighted by Crippen LogP contribution is 2.48. The fourth-order valence-electron chi connectivity index (χ4n) is 13.9. The maximum atomic E-state index is 15.1. The smallest absolute Gasteiger partial charge is 0.335 e. The Labute approximate surface area is 692 Å². The van der Waals surface area contributed by atoms with E-state index in [0.29, 0.717) is 12.3 Å². The fourth-order valence-corrected chi connectivity index (χ4v) is 15.0. The Hall–Kier alpha value is -8.72. The van der Waals surface area contributed by atoms with Gasteiger partial charge in [-0.15, -0.1) is 0 Å². The Morgan fingerprint density at radius 3 is 1.34 bits per heavy atom. The van der Waals surface area contributed by atoms with Crippen LogP contribution in [0.25, 0.3) is 0 Å². The van der Waals surface area contributed by atoms with E-state index in [1.54, 1.807) is 54.5 Å². The molecule has 1 saturated heterocycles. The van der Waals surface area contributed by atoms with E-state index in [1.165, 1.54) is 109 Å². The number of rotatable bonds is 22. The van der Waals surface area contributed by atoms with Gasteiger partial charge in [-0.05, 0) is 145 Å². The largest absolute Gasteiger partial charge is 0.479 e. The van der Waals surface area contributed by atoms with Crippen molar-refractivity contribution < 1.29 is 87.9 Å². The molecule has 0 spiro atoms. The minimum atomic E-state index is -2.27. The summed E-state index contributed by atoms with van der Waals surface area (Å²) in [6.45, 7) is 33.8. The van der Waals surface area contributed by atoms with Crippen LogP contribution in [0.1, 0.15) is 163 Å². The molecule has 116 heavy (non-hydrogen) atoms. The lowest BCUT2D eigenvalue weighted by Crippen LogP contribution is -2.63. The molecule has 32 heteroatoms. The zero-order valence-corrected chi connectivity index (χ0v) is 74.6. The normalized spacial score (nSPS) is 23.8. The van der Waals surface area contributed by atoms with Gasteiger partial charge in [-0.1, -0.05) is 152 Å². The van der Waals surface area contributed by atoms with Crippen LogP contribution in [0.15, 0.2) is 70.5 Å². The Bertz CT molecular complexity index is 3590. The van der Waals surface area contributed by atoms with Crippen molar-refractivity contribution in [3.8, 4) is 0 Å². The summed E-state index contributed by atoms with van der Waals surface area (Å²) < 4.78 is 0. The van der Waals surface area contributed by atoms with Gasteiger partial charge in [0.2, 0.25) is 65.0 Å². The lowest BCUT2D eigenvalue weighted by atomic mass is 9.91. The van der Waals surface area contributed by atoms with Crippen LogP contribution in [0.5, 0.6) is 0 Å². The Morgan fingerprint density at radius 1 is 0.500 bits per heavy atom. The van der Waals surface area contributed by atoms with Gasteiger partial charge in [0.25, 0.3) is 0 Å². The van der Waals surface area contributed by atoms with E-state index in [0.717, 1.165) is 22.9 Å². The van der Waals surface area contributed by atoms with Crippen molar-refractivity contribution in [1.82, 2.24) is 60.5 Å². The van der Waals surface area contributed by atoms with Gasteiger partial charge in [-0.2, -0.15) is 0 Å². The monoisotopic (exact) mass is 1650 g/mol. The summed E-state index contributed by atoms with van der Waals surface area (Å²) in [5.74, 6) is -12.6. The molecule has 31 nitrogen and oxygen atoms in total. The predicted molar refractivity (Wildman–Crippen MR) is 447 cm³/mol. The topological polar surface area (TPSA) is 400 Å². The lowest BCUT2D eigenvalue weighted by molar-refractivity contribution is -0.165. The second-order valence-electron chi connectivity index (χ2n) is 33.7. The quantitative estimate of drug-likeness (QED) is 0.0644. The Kier molecular flexibility index (Phi) is 43.0. The number of carbonyl (C=O) groups excluding carboxylic acids is 11. The highest BCUT2D eigenvalue weighted by molar-refractivity contribution is 7.99. The molecule has 0 aliphatic carbocycles.